The van der Waals surface area contributed by atoms with Crippen molar-refractivity contribution in [2.24, 2.45) is 0 Å². The zero-order chi connectivity index (χ0) is 14.7. The molecule has 1 heterocycles. The van der Waals surface area contributed by atoms with Crippen LogP contribution in [0.2, 0.25) is 0 Å². The maximum Gasteiger partial charge on any atom is 0.262 e. The second-order valence-electron chi connectivity index (χ2n) is 4.51. The van der Waals surface area contributed by atoms with Crippen LogP contribution in [0.1, 0.15) is 0 Å². The topological polar surface area (TPSA) is 54.1 Å². The number of rotatable bonds is 4. The summed E-state index contributed by atoms with van der Waals surface area (Å²) < 4.78 is 18.5. The third kappa shape index (κ3) is 2.86. The average Bonchev–Trinajstić information content (AvgIpc) is 2.96. The molecule has 0 bridgehead atoms. The Kier molecular flexibility index (Phi) is 3.55. The summed E-state index contributed by atoms with van der Waals surface area (Å²) in [6, 6.07) is 13.4. The lowest BCUT2D eigenvalue weighted by Crippen LogP contribution is -2.20. The number of aromatic nitrogens is 1. The Balaban J connectivity index is 1.67. The number of carbonyl (C=O) groups is 1. The molecule has 0 saturated heterocycles. The van der Waals surface area contributed by atoms with Crippen molar-refractivity contribution >= 4 is 22.5 Å². The lowest BCUT2D eigenvalue weighted by molar-refractivity contribution is -0.118. The number of anilines is 1. The summed E-state index contributed by atoms with van der Waals surface area (Å²) >= 11 is 0. The molecule has 0 aliphatic rings. The molecule has 0 fully saturated rings. The van der Waals surface area contributed by atoms with Crippen molar-refractivity contribution in [3.63, 3.8) is 0 Å². The molecule has 2 aromatic carbocycles. The molecule has 106 valence electrons. The highest BCUT2D eigenvalue weighted by molar-refractivity contribution is 6.01. The van der Waals surface area contributed by atoms with Crippen LogP contribution in [0.5, 0.6) is 5.75 Å². The highest BCUT2D eigenvalue weighted by Gasteiger charge is 2.08. The van der Waals surface area contributed by atoms with Crippen molar-refractivity contribution in [3.05, 3.63) is 60.5 Å². The van der Waals surface area contributed by atoms with E-state index in [-0.39, 0.29) is 18.3 Å². The third-order valence-electron chi connectivity index (χ3n) is 3.06. The highest BCUT2D eigenvalue weighted by atomic mass is 19.1. The average molecular weight is 284 g/mol. The molecular formula is C16H13FN2O2. The van der Waals surface area contributed by atoms with Crippen molar-refractivity contribution in [1.29, 1.82) is 0 Å². The number of para-hydroxylation sites is 1. The quantitative estimate of drug-likeness (QED) is 0.772. The van der Waals surface area contributed by atoms with Crippen molar-refractivity contribution in [3.8, 4) is 5.75 Å². The SMILES string of the molecule is O=C(COc1ccccc1F)Nc1cccc2[nH]ccc12. The van der Waals surface area contributed by atoms with Crippen LogP contribution in [0.15, 0.2) is 54.7 Å². The fourth-order valence-electron chi connectivity index (χ4n) is 2.09. The summed E-state index contributed by atoms with van der Waals surface area (Å²) in [7, 11) is 0. The van der Waals surface area contributed by atoms with Gasteiger partial charge in [0.05, 0.1) is 5.69 Å². The Morgan fingerprint density at radius 3 is 2.86 bits per heavy atom. The second-order valence-corrected chi connectivity index (χ2v) is 4.51. The fraction of sp³-hybridized carbons (Fsp3) is 0.0625. The van der Waals surface area contributed by atoms with Gasteiger partial charge in [-0.2, -0.15) is 0 Å². The van der Waals surface area contributed by atoms with E-state index in [1.54, 1.807) is 24.4 Å². The fourth-order valence-corrected chi connectivity index (χ4v) is 2.09. The van der Waals surface area contributed by atoms with Gasteiger partial charge in [-0.15, -0.1) is 0 Å². The van der Waals surface area contributed by atoms with E-state index < -0.39 is 5.82 Å². The summed E-state index contributed by atoms with van der Waals surface area (Å²) in [5.41, 5.74) is 1.62. The number of hydrogen-bond donors (Lipinski definition) is 2. The number of H-pyrrole nitrogens is 1. The van der Waals surface area contributed by atoms with Crippen LogP contribution >= 0.6 is 0 Å². The standard InChI is InChI=1S/C16H13FN2O2/c17-12-4-1-2-7-15(12)21-10-16(20)19-14-6-3-5-13-11(14)8-9-18-13/h1-9,18H,10H2,(H,19,20). The molecule has 3 rings (SSSR count). The lowest BCUT2D eigenvalue weighted by atomic mass is 10.2. The first-order valence-electron chi connectivity index (χ1n) is 6.47. The van der Waals surface area contributed by atoms with Gasteiger partial charge in [-0.25, -0.2) is 4.39 Å². The van der Waals surface area contributed by atoms with Crippen LogP contribution < -0.4 is 10.1 Å². The molecule has 0 radical (unpaired) electrons. The normalized spacial score (nSPS) is 10.5. The molecule has 0 atom stereocenters. The molecular weight excluding hydrogens is 271 g/mol. The van der Waals surface area contributed by atoms with Crippen molar-refractivity contribution < 1.29 is 13.9 Å². The lowest BCUT2D eigenvalue weighted by Gasteiger charge is -2.09. The summed E-state index contributed by atoms with van der Waals surface area (Å²) in [5.74, 6) is -0.766. The summed E-state index contributed by atoms with van der Waals surface area (Å²) in [6.45, 7) is -0.248. The zero-order valence-electron chi connectivity index (χ0n) is 11.1. The van der Waals surface area contributed by atoms with Crippen LogP contribution in [-0.4, -0.2) is 17.5 Å². The molecule has 3 aromatic rings. The van der Waals surface area contributed by atoms with Gasteiger partial charge in [0.15, 0.2) is 18.2 Å². The molecule has 2 N–H and O–H groups in total. The predicted molar refractivity (Wildman–Crippen MR) is 78.8 cm³/mol. The van der Waals surface area contributed by atoms with Crippen LogP contribution in [0.4, 0.5) is 10.1 Å². The number of hydrogen-bond acceptors (Lipinski definition) is 2. The number of halogens is 1. The van der Waals surface area contributed by atoms with E-state index in [9.17, 15) is 9.18 Å². The largest absolute Gasteiger partial charge is 0.481 e. The first-order valence-corrected chi connectivity index (χ1v) is 6.47. The molecule has 4 nitrogen and oxygen atoms in total. The Morgan fingerprint density at radius 2 is 2.00 bits per heavy atom. The maximum absolute atomic E-state index is 13.4. The molecule has 0 aliphatic heterocycles. The molecule has 5 heteroatoms. The summed E-state index contributed by atoms with van der Waals surface area (Å²) in [4.78, 5) is 15.0. The molecule has 1 amide bonds. The first-order chi connectivity index (χ1) is 10.2. The number of ether oxygens (including phenoxy) is 1. The number of benzene rings is 2. The van der Waals surface area contributed by atoms with Crippen LogP contribution in [0, 0.1) is 5.82 Å². The molecule has 0 unspecified atom stereocenters. The Morgan fingerprint density at radius 1 is 1.14 bits per heavy atom. The van der Waals surface area contributed by atoms with Crippen LogP contribution in [0.25, 0.3) is 10.9 Å². The molecule has 21 heavy (non-hydrogen) atoms. The third-order valence-corrected chi connectivity index (χ3v) is 3.06. The highest BCUT2D eigenvalue weighted by Crippen LogP contribution is 2.22. The Labute approximate surface area is 120 Å². The number of amides is 1. The van der Waals surface area contributed by atoms with E-state index in [0.29, 0.717) is 5.69 Å². The van der Waals surface area contributed by atoms with Gasteiger partial charge >= 0.3 is 0 Å². The number of aromatic amines is 1. The molecule has 0 saturated carbocycles. The van der Waals surface area contributed by atoms with Crippen molar-refractivity contribution in [1.82, 2.24) is 4.98 Å². The first kappa shape index (κ1) is 13.2. The van der Waals surface area contributed by atoms with Crippen LogP contribution in [-0.2, 0) is 4.79 Å². The molecule has 1 aromatic heterocycles. The van der Waals surface area contributed by atoms with E-state index in [2.05, 4.69) is 10.3 Å². The van der Waals surface area contributed by atoms with Crippen LogP contribution in [0.3, 0.4) is 0 Å². The van der Waals surface area contributed by atoms with Gasteiger partial charge in [-0.1, -0.05) is 18.2 Å². The number of nitrogens with one attached hydrogen (secondary N) is 2. The Hall–Kier alpha value is -2.82. The van der Waals surface area contributed by atoms with E-state index in [1.165, 1.54) is 12.1 Å². The van der Waals surface area contributed by atoms with Gasteiger partial charge in [0.25, 0.3) is 5.91 Å². The molecule has 0 aliphatic carbocycles. The predicted octanol–water partition coefficient (Wildman–Crippen LogP) is 3.32. The number of fused-ring (bicyclic) bond motifs is 1. The van der Waals surface area contributed by atoms with Gasteiger partial charge in [-0.3, -0.25) is 4.79 Å². The van der Waals surface area contributed by atoms with Crippen molar-refractivity contribution in [2.75, 3.05) is 11.9 Å². The minimum atomic E-state index is -0.488. The van der Waals surface area contributed by atoms with Crippen molar-refractivity contribution in [2.45, 2.75) is 0 Å². The minimum Gasteiger partial charge on any atom is -0.481 e. The smallest absolute Gasteiger partial charge is 0.262 e. The number of carbonyl (C=O) groups excluding carboxylic acids is 1. The maximum atomic E-state index is 13.4. The van der Waals surface area contributed by atoms with E-state index in [0.717, 1.165) is 10.9 Å². The zero-order valence-corrected chi connectivity index (χ0v) is 11.1. The van der Waals surface area contributed by atoms with E-state index >= 15 is 0 Å². The van der Waals surface area contributed by atoms with Gasteiger partial charge in [0.2, 0.25) is 0 Å². The van der Waals surface area contributed by atoms with E-state index in [1.807, 2.05) is 18.2 Å². The summed E-state index contributed by atoms with van der Waals surface area (Å²) in [5, 5.41) is 3.67. The van der Waals surface area contributed by atoms with Gasteiger partial charge < -0.3 is 15.0 Å². The van der Waals surface area contributed by atoms with Gasteiger partial charge in [0.1, 0.15) is 0 Å². The Bertz CT molecular complexity index is 783. The summed E-state index contributed by atoms with van der Waals surface area (Å²) in [6.07, 6.45) is 1.80. The molecule has 0 spiro atoms. The monoisotopic (exact) mass is 284 g/mol. The van der Waals surface area contributed by atoms with Gasteiger partial charge in [0, 0.05) is 17.1 Å². The second kappa shape index (κ2) is 5.66. The minimum absolute atomic E-state index is 0.0625. The van der Waals surface area contributed by atoms with Gasteiger partial charge in [-0.05, 0) is 30.3 Å². The van der Waals surface area contributed by atoms with E-state index in [4.69, 9.17) is 4.74 Å².